The molecule has 0 radical (unpaired) electrons. The van der Waals surface area contributed by atoms with Crippen LogP contribution in [0.5, 0.6) is 0 Å². The number of rotatable bonds is 3. The van der Waals surface area contributed by atoms with Gasteiger partial charge in [-0.2, -0.15) is 5.10 Å². The minimum atomic E-state index is 0.0815. The summed E-state index contributed by atoms with van der Waals surface area (Å²) in [6, 6.07) is 2.25. The van der Waals surface area contributed by atoms with Crippen molar-refractivity contribution in [2.24, 2.45) is 5.92 Å². The standard InChI is InChI=1S/C19H25N5O/c1-14-11-20-13-24(19(14)25)12-15-6-8-23(9-7-15)18-10-16-4-2-3-5-17(16)21-22-18/h10-11,13,15H,2-9,12H2,1H3. The Balaban J connectivity index is 1.40. The molecule has 0 amide bonds. The van der Waals surface area contributed by atoms with Crippen LogP contribution in [0.1, 0.15) is 42.5 Å². The number of aryl methyl sites for hydroxylation is 3. The molecule has 1 aliphatic carbocycles. The third kappa shape index (κ3) is 3.43. The molecule has 2 aromatic heterocycles. The quantitative estimate of drug-likeness (QED) is 0.857. The molecule has 4 rings (SSSR count). The largest absolute Gasteiger partial charge is 0.355 e. The van der Waals surface area contributed by atoms with Crippen molar-refractivity contribution in [3.8, 4) is 0 Å². The summed E-state index contributed by atoms with van der Waals surface area (Å²) in [6.45, 7) is 4.54. The normalized spacial score (nSPS) is 18.2. The van der Waals surface area contributed by atoms with E-state index in [0.29, 0.717) is 11.5 Å². The molecule has 132 valence electrons. The number of nitrogens with zero attached hydrogens (tertiary/aromatic N) is 5. The van der Waals surface area contributed by atoms with Gasteiger partial charge in [-0.3, -0.25) is 9.36 Å². The average molecular weight is 339 g/mol. The highest BCUT2D eigenvalue weighted by Crippen LogP contribution is 2.26. The molecule has 0 bridgehead atoms. The smallest absolute Gasteiger partial charge is 0.256 e. The average Bonchev–Trinajstić information content (AvgIpc) is 2.66. The molecule has 0 unspecified atom stereocenters. The molecular weight excluding hydrogens is 314 g/mol. The summed E-state index contributed by atoms with van der Waals surface area (Å²) in [7, 11) is 0. The van der Waals surface area contributed by atoms with Crippen LogP contribution in [0.15, 0.2) is 23.4 Å². The van der Waals surface area contributed by atoms with Crippen LogP contribution >= 0.6 is 0 Å². The van der Waals surface area contributed by atoms with Gasteiger partial charge in [0.2, 0.25) is 0 Å². The molecule has 3 heterocycles. The van der Waals surface area contributed by atoms with E-state index in [2.05, 4.69) is 26.1 Å². The summed E-state index contributed by atoms with van der Waals surface area (Å²) < 4.78 is 1.76. The molecule has 1 aliphatic heterocycles. The molecule has 25 heavy (non-hydrogen) atoms. The van der Waals surface area contributed by atoms with Crippen LogP contribution in [0, 0.1) is 12.8 Å². The van der Waals surface area contributed by atoms with E-state index in [-0.39, 0.29) is 5.56 Å². The number of hydrogen-bond acceptors (Lipinski definition) is 5. The van der Waals surface area contributed by atoms with Crippen molar-refractivity contribution in [1.29, 1.82) is 0 Å². The van der Waals surface area contributed by atoms with Crippen molar-refractivity contribution in [3.63, 3.8) is 0 Å². The number of aromatic nitrogens is 4. The Labute approximate surface area is 147 Å². The summed E-state index contributed by atoms with van der Waals surface area (Å²) in [5.41, 5.74) is 3.37. The lowest BCUT2D eigenvalue weighted by atomic mass is 9.95. The molecule has 1 fully saturated rings. The Morgan fingerprint density at radius 1 is 1.16 bits per heavy atom. The minimum Gasteiger partial charge on any atom is -0.355 e. The fraction of sp³-hybridized carbons (Fsp3) is 0.579. The first kappa shape index (κ1) is 16.2. The lowest BCUT2D eigenvalue weighted by Crippen LogP contribution is -2.37. The van der Waals surface area contributed by atoms with Gasteiger partial charge in [-0.1, -0.05) is 0 Å². The molecule has 0 aromatic carbocycles. The zero-order valence-corrected chi connectivity index (χ0v) is 14.8. The van der Waals surface area contributed by atoms with Crippen molar-refractivity contribution in [3.05, 3.63) is 45.8 Å². The van der Waals surface area contributed by atoms with Crippen molar-refractivity contribution in [2.75, 3.05) is 18.0 Å². The molecule has 0 spiro atoms. The van der Waals surface area contributed by atoms with Gasteiger partial charge < -0.3 is 4.90 Å². The Kier molecular flexibility index (Phi) is 4.51. The molecule has 2 aromatic rings. The maximum atomic E-state index is 12.2. The van der Waals surface area contributed by atoms with Gasteiger partial charge >= 0.3 is 0 Å². The lowest BCUT2D eigenvalue weighted by molar-refractivity contribution is 0.349. The molecule has 6 heteroatoms. The highest BCUT2D eigenvalue weighted by molar-refractivity contribution is 5.42. The Hall–Kier alpha value is -2.24. The lowest BCUT2D eigenvalue weighted by Gasteiger charge is -2.33. The maximum Gasteiger partial charge on any atom is 0.256 e. The second kappa shape index (κ2) is 6.94. The van der Waals surface area contributed by atoms with E-state index in [1.165, 1.54) is 24.1 Å². The van der Waals surface area contributed by atoms with E-state index in [0.717, 1.165) is 51.1 Å². The van der Waals surface area contributed by atoms with E-state index in [1.807, 2.05) is 6.92 Å². The second-order valence-electron chi connectivity index (χ2n) is 7.35. The minimum absolute atomic E-state index is 0.0815. The third-order valence-corrected chi connectivity index (χ3v) is 5.52. The maximum absolute atomic E-state index is 12.2. The Morgan fingerprint density at radius 3 is 2.80 bits per heavy atom. The highest BCUT2D eigenvalue weighted by atomic mass is 16.1. The van der Waals surface area contributed by atoms with Crippen LogP contribution in [-0.2, 0) is 19.4 Å². The fourth-order valence-electron chi connectivity index (χ4n) is 3.95. The summed E-state index contributed by atoms with van der Waals surface area (Å²) in [6.07, 6.45) is 10.1. The van der Waals surface area contributed by atoms with Gasteiger partial charge in [0.1, 0.15) is 0 Å². The van der Waals surface area contributed by atoms with Crippen molar-refractivity contribution in [1.82, 2.24) is 19.7 Å². The second-order valence-corrected chi connectivity index (χ2v) is 7.35. The van der Waals surface area contributed by atoms with Crippen molar-refractivity contribution in [2.45, 2.75) is 52.0 Å². The van der Waals surface area contributed by atoms with Gasteiger partial charge in [0.25, 0.3) is 5.56 Å². The van der Waals surface area contributed by atoms with Crippen LogP contribution in [0.25, 0.3) is 0 Å². The first-order valence-corrected chi connectivity index (χ1v) is 9.32. The van der Waals surface area contributed by atoms with Gasteiger partial charge in [0.15, 0.2) is 5.82 Å². The number of piperidine rings is 1. The van der Waals surface area contributed by atoms with Crippen molar-refractivity contribution < 1.29 is 0 Å². The van der Waals surface area contributed by atoms with Gasteiger partial charge in [0, 0.05) is 31.4 Å². The van der Waals surface area contributed by atoms with Gasteiger partial charge in [-0.25, -0.2) is 4.98 Å². The molecular formula is C19H25N5O. The number of anilines is 1. The van der Waals surface area contributed by atoms with Crippen molar-refractivity contribution >= 4 is 5.82 Å². The molecule has 6 nitrogen and oxygen atoms in total. The first-order valence-electron chi connectivity index (χ1n) is 9.32. The zero-order valence-electron chi connectivity index (χ0n) is 14.8. The van der Waals surface area contributed by atoms with E-state index in [9.17, 15) is 4.79 Å². The molecule has 2 aliphatic rings. The highest BCUT2D eigenvalue weighted by Gasteiger charge is 2.22. The number of hydrogen-bond donors (Lipinski definition) is 0. The fourth-order valence-corrected chi connectivity index (χ4v) is 3.95. The van der Waals surface area contributed by atoms with Crippen LogP contribution in [0.4, 0.5) is 5.82 Å². The third-order valence-electron chi connectivity index (χ3n) is 5.52. The van der Waals surface area contributed by atoms with Gasteiger partial charge in [-0.15, -0.1) is 5.10 Å². The van der Waals surface area contributed by atoms with E-state index >= 15 is 0 Å². The summed E-state index contributed by atoms with van der Waals surface area (Å²) in [5, 5.41) is 8.92. The summed E-state index contributed by atoms with van der Waals surface area (Å²) in [4.78, 5) is 18.7. The van der Waals surface area contributed by atoms with Crippen LogP contribution in [0.2, 0.25) is 0 Å². The Bertz CT molecular complexity index is 808. The Morgan fingerprint density at radius 2 is 1.96 bits per heavy atom. The summed E-state index contributed by atoms with van der Waals surface area (Å²) >= 11 is 0. The molecule has 0 saturated carbocycles. The van der Waals surface area contributed by atoms with E-state index in [1.54, 1.807) is 17.1 Å². The number of fused-ring (bicyclic) bond motifs is 1. The first-order chi connectivity index (χ1) is 12.2. The zero-order chi connectivity index (χ0) is 17.2. The van der Waals surface area contributed by atoms with E-state index < -0.39 is 0 Å². The monoisotopic (exact) mass is 339 g/mol. The van der Waals surface area contributed by atoms with Crippen LogP contribution in [-0.4, -0.2) is 32.8 Å². The van der Waals surface area contributed by atoms with Gasteiger partial charge in [0.05, 0.1) is 12.0 Å². The molecule has 1 saturated heterocycles. The predicted octanol–water partition coefficient (Wildman–Crippen LogP) is 2.14. The SMILES string of the molecule is Cc1cncn(CC2CCN(c3cc4c(nn3)CCCC4)CC2)c1=O. The molecule has 0 atom stereocenters. The predicted molar refractivity (Wildman–Crippen MR) is 96.8 cm³/mol. The van der Waals surface area contributed by atoms with Crippen LogP contribution < -0.4 is 10.5 Å². The summed E-state index contributed by atoms with van der Waals surface area (Å²) in [5.74, 6) is 1.54. The molecule has 0 N–H and O–H groups in total. The van der Waals surface area contributed by atoms with Gasteiger partial charge in [-0.05, 0) is 63.0 Å². The van der Waals surface area contributed by atoms with E-state index in [4.69, 9.17) is 0 Å². The van der Waals surface area contributed by atoms with Crippen LogP contribution in [0.3, 0.4) is 0 Å². The topological polar surface area (TPSA) is 63.9 Å².